The number of hydrazone groups is 1. The van der Waals surface area contributed by atoms with Crippen LogP contribution in [0.1, 0.15) is 11.8 Å². The number of methoxy groups -OCH3 is 1. The van der Waals surface area contributed by atoms with E-state index in [0.29, 0.717) is 10.7 Å². The minimum atomic E-state index is -4.09. The molecule has 0 fully saturated rings. The Hall–Kier alpha value is -2.88. The molecule has 0 spiro atoms. The highest BCUT2D eigenvalue weighted by Crippen LogP contribution is 2.34. The van der Waals surface area contributed by atoms with Gasteiger partial charge in [-0.15, -0.1) is 11.3 Å². The molecule has 0 atom stereocenters. The molecule has 0 aliphatic heterocycles. The third-order valence-corrected chi connectivity index (χ3v) is 7.24. The van der Waals surface area contributed by atoms with Gasteiger partial charge in [0.25, 0.3) is 15.9 Å². The van der Waals surface area contributed by atoms with Crippen LogP contribution < -0.4 is 14.5 Å². The second-order valence-corrected chi connectivity index (χ2v) is 9.60. The molecule has 0 bridgehead atoms. The first-order valence-corrected chi connectivity index (χ1v) is 11.8. The average molecular weight is 478 g/mol. The molecule has 10 heteroatoms. The van der Waals surface area contributed by atoms with Crippen molar-refractivity contribution in [2.45, 2.75) is 11.8 Å². The fourth-order valence-electron chi connectivity index (χ4n) is 2.73. The maximum atomic E-state index is 13.4. The van der Waals surface area contributed by atoms with Gasteiger partial charge in [0, 0.05) is 9.90 Å². The van der Waals surface area contributed by atoms with Crippen molar-refractivity contribution in [1.29, 1.82) is 0 Å². The lowest BCUT2D eigenvalue weighted by atomic mass is 10.3. The quantitative estimate of drug-likeness (QED) is 0.390. The van der Waals surface area contributed by atoms with Crippen LogP contribution in [0.25, 0.3) is 0 Å². The molecule has 0 saturated carbocycles. The molecule has 1 amide bonds. The lowest BCUT2D eigenvalue weighted by Crippen LogP contribution is -2.40. The van der Waals surface area contributed by atoms with Crippen LogP contribution in [-0.2, 0) is 14.8 Å². The SMILES string of the molecule is COc1ccc(Cl)cc1N(CC(=O)N/N=C(\C)c1cccs1)S(=O)(=O)c1ccccc1. The number of carbonyl (C=O) groups is 1. The topological polar surface area (TPSA) is 88.1 Å². The molecule has 0 unspecified atom stereocenters. The number of nitrogens with one attached hydrogen (secondary N) is 1. The number of carbonyl (C=O) groups excluding carboxylic acids is 1. The molecule has 0 radical (unpaired) electrons. The Bertz CT molecular complexity index is 1180. The van der Waals surface area contributed by atoms with Gasteiger partial charge in [0.05, 0.1) is 23.4 Å². The fourth-order valence-corrected chi connectivity index (χ4v) is 5.02. The first-order chi connectivity index (χ1) is 14.8. The van der Waals surface area contributed by atoms with Crippen molar-refractivity contribution < 1.29 is 17.9 Å². The molecule has 1 aromatic heterocycles. The average Bonchev–Trinajstić information content (AvgIpc) is 3.31. The summed E-state index contributed by atoms with van der Waals surface area (Å²) < 4.78 is 33.0. The standard InChI is InChI=1S/C21H20ClN3O4S2/c1-15(20-9-6-12-30-20)23-24-21(26)14-25(18-13-16(22)10-11-19(18)29-2)31(27,28)17-7-4-3-5-8-17/h3-13H,14H2,1-2H3,(H,24,26)/b23-15+. The van der Waals surface area contributed by atoms with Crippen molar-refractivity contribution in [3.05, 3.63) is 75.9 Å². The van der Waals surface area contributed by atoms with Crippen molar-refractivity contribution in [2.24, 2.45) is 5.10 Å². The molecule has 162 valence electrons. The summed E-state index contributed by atoms with van der Waals surface area (Å²) >= 11 is 7.59. The van der Waals surface area contributed by atoms with Crippen LogP contribution in [0.15, 0.2) is 76.0 Å². The number of halogens is 1. The predicted molar refractivity (Wildman–Crippen MR) is 124 cm³/mol. The summed E-state index contributed by atoms with van der Waals surface area (Å²) in [7, 11) is -2.68. The van der Waals surface area contributed by atoms with Crippen LogP contribution in [0.5, 0.6) is 5.75 Å². The number of rotatable bonds is 8. The van der Waals surface area contributed by atoms with Gasteiger partial charge in [-0.25, -0.2) is 13.8 Å². The van der Waals surface area contributed by atoms with E-state index in [4.69, 9.17) is 16.3 Å². The zero-order valence-electron chi connectivity index (χ0n) is 16.8. The van der Waals surface area contributed by atoms with Crippen LogP contribution in [0.4, 0.5) is 5.69 Å². The Morgan fingerprint density at radius 1 is 1.16 bits per heavy atom. The summed E-state index contributed by atoms with van der Waals surface area (Å²) in [5, 5.41) is 6.28. The number of amides is 1. The van der Waals surface area contributed by atoms with Gasteiger partial charge in [0.2, 0.25) is 0 Å². The monoisotopic (exact) mass is 477 g/mol. The summed E-state index contributed by atoms with van der Waals surface area (Å²) in [5.74, 6) is -0.354. The molecule has 31 heavy (non-hydrogen) atoms. The molecule has 0 aliphatic rings. The van der Waals surface area contributed by atoms with Gasteiger partial charge in [0.1, 0.15) is 12.3 Å². The highest BCUT2D eigenvalue weighted by atomic mass is 35.5. The normalized spacial score (nSPS) is 11.8. The largest absolute Gasteiger partial charge is 0.495 e. The molecule has 0 aliphatic carbocycles. The minimum absolute atomic E-state index is 0.0306. The van der Waals surface area contributed by atoms with Crippen LogP contribution >= 0.6 is 22.9 Å². The number of ether oxygens (including phenoxy) is 1. The van der Waals surface area contributed by atoms with E-state index in [-0.39, 0.29) is 16.3 Å². The van der Waals surface area contributed by atoms with E-state index in [9.17, 15) is 13.2 Å². The van der Waals surface area contributed by atoms with E-state index < -0.39 is 22.5 Å². The molecule has 3 aromatic rings. The summed E-state index contributed by atoms with van der Waals surface area (Å²) in [6, 6.07) is 16.1. The van der Waals surface area contributed by atoms with E-state index in [1.165, 1.54) is 36.6 Å². The second-order valence-electron chi connectivity index (χ2n) is 6.35. The van der Waals surface area contributed by atoms with E-state index in [2.05, 4.69) is 10.5 Å². The Balaban J connectivity index is 1.96. The summed E-state index contributed by atoms with van der Waals surface area (Å²) in [6.45, 7) is 1.24. The maximum absolute atomic E-state index is 13.4. The highest BCUT2D eigenvalue weighted by Gasteiger charge is 2.29. The van der Waals surface area contributed by atoms with Gasteiger partial charge in [-0.3, -0.25) is 9.10 Å². The number of hydrogen-bond acceptors (Lipinski definition) is 6. The summed E-state index contributed by atoms with van der Waals surface area (Å²) in [6.07, 6.45) is 0. The number of benzene rings is 2. The van der Waals surface area contributed by atoms with Crippen LogP contribution in [-0.4, -0.2) is 33.7 Å². The molecule has 7 nitrogen and oxygen atoms in total. The Morgan fingerprint density at radius 3 is 2.55 bits per heavy atom. The van der Waals surface area contributed by atoms with Crippen molar-refractivity contribution in [2.75, 3.05) is 18.0 Å². The summed E-state index contributed by atoms with van der Waals surface area (Å²) in [5.41, 5.74) is 3.18. The van der Waals surface area contributed by atoms with Crippen molar-refractivity contribution in [3.8, 4) is 5.75 Å². The van der Waals surface area contributed by atoms with E-state index in [1.54, 1.807) is 37.3 Å². The third kappa shape index (κ3) is 5.43. The molecule has 1 N–H and O–H groups in total. The Morgan fingerprint density at radius 2 is 1.90 bits per heavy atom. The van der Waals surface area contributed by atoms with Crippen molar-refractivity contribution in [3.63, 3.8) is 0 Å². The van der Waals surface area contributed by atoms with Crippen LogP contribution in [0, 0.1) is 0 Å². The van der Waals surface area contributed by atoms with E-state index >= 15 is 0 Å². The van der Waals surface area contributed by atoms with Crippen molar-refractivity contribution >= 4 is 50.3 Å². The molecular weight excluding hydrogens is 458 g/mol. The van der Waals surface area contributed by atoms with E-state index in [1.807, 2.05) is 17.5 Å². The third-order valence-electron chi connectivity index (χ3n) is 4.25. The molecule has 0 saturated heterocycles. The second kappa shape index (κ2) is 9.95. The van der Waals surface area contributed by atoms with Crippen LogP contribution in [0.2, 0.25) is 5.02 Å². The van der Waals surface area contributed by atoms with Gasteiger partial charge >= 0.3 is 0 Å². The zero-order chi connectivity index (χ0) is 22.4. The number of hydrogen-bond donors (Lipinski definition) is 1. The minimum Gasteiger partial charge on any atom is -0.495 e. The molecule has 2 aromatic carbocycles. The van der Waals surface area contributed by atoms with Gasteiger partial charge in [-0.2, -0.15) is 5.10 Å². The van der Waals surface area contributed by atoms with Crippen LogP contribution in [0.3, 0.4) is 0 Å². The molecule has 1 heterocycles. The smallest absolute Gasteiger partial charge is 0.264 e. The maximum Gasteiger partial charge on any atom is 0.264 e. The van der Waals surface area contributed by atoms with Gasteiger partial charge < -0.3 is 4.74 Å². The highest BCUT2D eigenvalue weighted by molar-refractivity contribution is 7.92. The van der Waals surface area contributed by atoms with Crippen molar-refractivity contribution in [1.82, 2.24) is 5.43 Å². The predicted octanol–water partition coefficient (Wildman–Crippen LogP) is 4.15. The number of anilines is 1. The first-order valence-electron chi connectivity index (χ1n) is 9.11. The molecular formula is C21H20ClN3O4S2. The fraction of sp³-hybridized carbons (Fsp3) is 0.143. The van der Waals surface area contributed by atoms with Gasteiger partial charge in [-0.05, 0) is 48.7 Å². The number of nitrogens with zero attached hydrogens (tertiary/aromatic N) is 2. The lowest BCUT2D eigenvalue weighted by molar-refractivity contribution is -0.119. The Labute approximate surface area is 190 Å². The van der Waals surface area contributed by atoms with Gasteiger partial charge in [0.15, 0.2) is 0 Å². The Kier molecular flexibility index (Phi) is 7.32. The zero-order valence-corrected chi connectivity index (χ0v) is 19.2. The number of thiophene rings is 1. The van der Waals surface area contributed by atoms with E-state index in [0.717, 1.165) is 9.18 Å². The summed E-state index contributed by atoms with van der Waals surface area (Å²) in [4.78, 5) is 13.6. The molecule has 3 rings (SSSR count). The lowest BCUT2D eigenvalue weighted by Gasteiger charge is -2.25. The van der Waals surface area contributed by atoms with Gasteiger partial charge in [-0.1, -0.05) is 35.9 Å². The first kappa shape index (κ1) is 22.8. The number of sulfonamides is 1.